The fraction of sp³-hybridized carbons (Fsp3) is 0.529. The smallest absolute Gasteiger partial charge is 0.133 e. The van der Waals surface area contributed by atoms with Crippen molar-refractivity contribution in [3.8, 4) is 0 Å². The molecule has 4 rings (SSSR count). The minimum Gasteiger partial charge on any atom is -0.361 e. The van der Waals surface area contributed by atoms with Gasteiger partial charge in [-0.25, -0.2) is 0 Å². The third-order valence-electron chi connectivity index (χ3n) is 5.11. The maximum Gasteiger partial charge on any atom is 0.133 e. The topological polar surface area (TPSA) is 17.4 Å². The predicted octanol–water partition coefficient (Wildman–Crippen LogP) is 3.50. The van der Waals surface area contributed by atoms with E-state index in [9.17, 15) is 0 Å². The zero-order chi connectivity index (χ0) is 13.7. The molecule has 3 heteroatoms. The summed E-state index contributed by atoms with van der Waals surface area (Å²) in [5.74, 6) is 0. The van der Waals surface area contributed by atoms with Crippen LogP contribution in [0.5, 0.6) is 0 Å². The maximum atomic E-state index is 5.82. The van der Waals surface area contributed by atoms with E-state index < -0.39 is 0 Å². The second-order valence-corrected chi connectivity index (χ2v) is 6.12. The molecule has 0 saturated heterocycles. The Morgan fingerprint density at radius 1 is 1.20 bits per heavy atom. The second kappa shape index (κ2) is 4.61. The molecule has 20 heavy (non-hydrogen) atoms. The molecule has 0 aliphatic carbocycles. The van der Waals surface area contributed by atoms with Crippen molar-refractivity contribution < 1.29 is 4.74 Å². The van der Waals surface area contributed by atoms with E-state index in [-0.39, 0.29) is 6.23 Å². The summed E-state index contributed by atoms with van der Waals surface area (Å²) < 4.78 is 8.30. The zero-order valence-corrected chi connectivity index (χ0v) is 12.3. The number of methoxy groups -OCH3 is 1. The minimum absolute atomic E-state index is 0.195. The number of nitrogens with zero attached hydrogens (tertiary/aromatic N) is 2. The molecule has 0 N–H and O–H groups in total. The molecule has 1 aromatic carbocycles. The van der Waals surface area contributed by atoms with Crippen LogP contribution in [0.1, 0.15) is 42.8 Å². The molecule has 0 radical (unpaired) electrons. The van der Waals surface area contributed by atoms with Crippen molar-refractivity contribution in [2.24, 2.45) is 0 Å². The first-order chi connectivity index (χ1) is 9.81. The molecule has 2 atom stereocenters. The maximum absolute atomic E-state index is 5.82. The van der Waals surface area contributed by atoms with E-state index in [2.05, 4.69) is 40.8 Å². The molecule has 2 aliphatic rings. The highest BCUT2D eigenvalue weighted by atomic mass is 16.5. The van der Waals surface area contributed by atoms with Gasteiger partial charge in [0.15, 0.2) is 0 Å². The SMILES string of the molecule is CO[C@@H]1CCC[C@@H]2c3c(c4ccccc4n31)CCN2C. The monoisotopic (exact) mass is 270 g/mol. The number of para-hydroxylation sites is 1. The van der Waals surface area contributed by atoms with Crippen molar-refractivity contribution >= 4 is 10.9 Å². The average molecular weight is 270 g/mol. The number of benzene rings is 1. The Kier molecular flexibility index (Phi) is 2.86. The molecule has 0 fully saturated rings. The van der Waals surface area contributed by atoms with Gasteiger partial charge in [0.05, 0.1) is 11.6 Å². The van der Waals surface area contributed by atoms with Crippen LogP contribution in [0.15, 0.2) is 24.3 Å². The third kappa shape index (κ3) is 1.60. The molecular weight excluding hydrogens is 248 g/mol. The van der Waals surface area contributed by atoms with Gasteiger partial charge in [-0.15, -0.1) is 0 Å². The lowest BCUT2D eigenvalue weighted by Crippen LogP contribution is -2.33. The molecule has 3 nitrogen and oxygen atoms in total. The van der Waals surface area contributed by atoms with Gasteiger partial charge in [-0.2, -0.15) is 0 Å². The van der Waals surface area contributed by atoms with Crippen molar-refractivity contribution in [3.05, 3.63) is 35.5 Å². The van der Waals surface area contributed by atoms with Gasteiger partial charge < -0.3 is 9.30 Å². The van der Waals surface area contributed by atoms with Crippen molar-refractivity contribution in [3.63, 3.8) is 0 Å². The summed E-state index contributed by atoms with van der Waals surface area (Å²) in [7, 11) is 4.11. The van der Waals surface area contributed by atoms with Crippen molar-refractivity contribution in [1.29, 1.82) is 0 Å². The van der Waals surface area contributed by atoms with E-state index in [0.717, 1.165) is 12.8 Å². The van der Waals surface area contributed by atoms with E-state index in [4.69, 9.17) is 4.74 Å². The van der Waals surface area contributed by atoms with Crippen LogP contribution in [0.3, 0.4) is 0 Å². The van der Waals surface area contributed by atoms with E-state index in [1.54, 1.807) is 5.56 Å². The number of hydrogen-bond donors (Lipinski definition) is 0. The summed E-state index contributed by atoms with van der Waals surface area (Å²) >= 11 is 0. The van der Waals surface area contributed by atoms with Crippen molar-refractivity contribution in [1.82, 2.24) is 9.47 Å². The van der Waals surface area contributed by atoms with E-state index in [1.807, 2.05) is 7.11 Å². The van der Waals surface area contributed by atoms with Crippen LogP contribution < -0.4 is 0 Å². The van der Waals surface area contributed by atoms with Gasteiger partial charge in [-0.1, -0.05) is 18.2 Å². The Morgan fingerprint density at radius 2 is 2.05 bits per heavy atom. The fourth-order valence-electron chi connectivity index (χ4n) is 4.13. The molecular formula is C17H22N2O. The van der Waals surface area contributed by atoms with E-state index >= 15 is 0 Å². The highest BCUT2D eigenvalue weighted by molar-refractivity contribution is 5.86. The Labute approximate surface area is 120 Å². The third-order valence-corrected chi connectivity index (χ3v) is 5.11. The standard InChI is InChI=1S/C17H22N2O/c1-18-11-10-13-12-6-3-4-7-14(12)19-16(20-2)9-5-8-15(18)17(13)19/h3-4,6-7,15-16H,5,8-11H2,1-2H3/t15-,16-/m1/s1. The molecule has 3 heterocycles. The summed E-state index contributed by atoms with van der Waals surface area (Å²) in [5, 5.41) is 1.43. The molecule has 2 aliphatic heterocycles. The summed E-state index contributed by atoms with van der Waals surface area (Å²) in [4.78, 5) is 2.52. The largest absolute Gasteiger partial charge is 0.361 e. The Hall–Kier alpha value is -1.32. The van der Waals surface area contributed by atoms with Crippen LogP contribution in [0.2, 0.25) is 0 Å². The quantitative estimate of drug-likeness (QED) is 0.789. The summed E-state index contributed by atoms with van der Waals surface area (Å²) in [6.45, 7) is 1.17. The molecule has 1 aromatic heterocycles. The van der Waals surface area contributed by atoms with Crippen LogP contribution in [-0.2, 0) is 11.2 Å². The predicted molar refractivity (Wildman–Crippen MR) is 80.9 cm³/mol. The number of hydrogen-bond acceptors (Lipinski definition) is 2. The van der Waals surface area contributed by atoms with Gasteiger partial charge >= 0.3 is 0 Å². The van der Waals surface area contributed by atoms with Crippen LogP contribution in [-0.4, -0.2) is 30.2 Å². The Balaban J connectivity index is 2.05. The van der Waals surface area contributed by atoms with Gasteiger partial charge in [0.25, 0.3) is 0 Å². The number of ether oxygens (including phenoxy) is 1. The van der Waals surface area contributed by atoms with E-state index in [0.29, 0.717) is 6.04 Å². The highest BCUT2D eigenvalue weighted by Crippen LogP contribution is 2.43. The zero-order valence-electron chi connectivity index (χ0n) is 12.3. The Morgan fingerprint density at radius 3 is 2.90 bits per heavy atom. The van der Waals surface area contributed by atoms with Crippen molar-refractivity contribution in [2.45, 2.75) is 38.0 Å². The van der Waals surface area contributed by atoms with Gasteiger partial charge in [0.1, 0.15) is 6.23 Å². The highest BCUT2D eigenvalue weighted by Gasteiger charge is 2.34. The van der Waals surface area contributed by atoms with E-state index in [1.165, 1.54) is 36.0 Å². The first-order valence-corrected chi connectivity index (χ1v) is 7.66. The summed E-state index contributed by atoms with van der Waals surface area (Å²) in [6.07, 6.45) is 4.96. The van der Waals surface area contributed by atoms with Crippen LogP contribution in [0.4, 0.5) is 0 Å². The second-order valence-electron chi connectivity index (χ2n) is 6.12. The normalized spacial score (nSPS) is 26.5. The van der Waals surface area contributed by atoms with Crippen molar-refractivity contribution in [2.75, 3.05) is 20.7 Å². The van der Waals surface area contributed by atoms with Gasteiger partial charge in [0, 0.05) is 24.7 Å². The lowest BCUT2D eigenvalue weighted by atomic mass is 9.95. The number of rotatable bonds is 1. The first kappa shape index (κ1) is 12.4. The number of fused-ring (bicyclic) bond motifs is 3. The van der Waals surface area contributed by atoms with Crippen LogP contribution in [0.25, 0.3) is 10.9 Å². The summed E-state index contributed by atoms with van der Waals surface area (Å²) in [5.41, 5.74) is 4.43. The van der Waals surface area contributed by atoms with Crippen LogP contribution in [0, 0.1) is 0 Å². The molecule has 0 amide bonds. The number of aromatic nitrogens is 1. The van der Waals surface area contributed by atoms with Gasteiger partial charge in [0.2, 0.25) is 0 Å². The van der Waals surface area contributed by atoms with Gasteiger partial charge in [-0.05, 0) is 44.4 Å². The molecule has 0 spiro atoms. The molecule has 0 unspecified atom stereocenters. The fourth-order valence-corrected chi connectivity index (χ4v) is 4.13. The first-order valence-electron chi connectivity index (χ1n) is 7.66. The number of likely N-dealkylation sites (N-methyl/N-ethyl adjacent to an activating group) is 1. The molecule has 0 bridgehead atoms. The molecule has 2 aromatic rings. The minimum atomic E-state index is 0.195. The average Bonchev–Trinajstić information content (AvgIpc) is 2.67. The summed E-state index contributed by atoms with van der Waals surface area (Å²) in [6, 6.07) is 9.40. The molecule has 106 valence electrons. The van der Waals surface area contributed by atoms with Crippen LogP contribution >= 0.6 is 0 Å². The lowest BCUT2D eigenvalue weighted by molar-refractivity contribution is 0.0399. The lowest BCUT2D eigenvalue weighted by Gasteiger charge is -2.33. The van der Waals surface area contributed by atoms with Gasteiger partial charge in [-0.3, -0.25) is 4.90 Å². The Bertz CT molecular complexity index is 646. The molecule has 0 saturated carbocycles.